The molecule has 1 aromatic heterocycles. The van der Waals surface area contributed by atoms with Gasteiger partial charge in [-0.15, -0.1) is 0 Å². The molecule has 2 aromatic rings. The van der Waals surface area contributed by atoms with Gasteiger partial charge in [-0.05, 0) is 15.9 Å². The number of ether oxygens (including phenoxy) is 3. The molecule has 6 heteroatoms. The van der Waals surface area contributed by atoms with Crippen LogP contribution in [-0.4, -0.2) is 19.2 Å². The number of aromatic nitrogens is 1. The maximum Gasteiger partial charge on any atom is 0.279 e. The van der Waals surface area contributed by atoms with Crippen LogP contribution in [-0.2, 0) is 0 Å². The van der Waals surface area contributed by atoms with E-state index in [0.29, 0.717) is 22.4 Å². The van der Waals surface area contributed by atoms with Crippen molar-refractivity contribution in [1.29, 1.82) is 0 Å². The molecule has 0 amide bonds. The molecule has 0 N–H and O–H groups in total. The van der Waals surface area contributed by atoms with Gasteiger partial charge in [0.1, 0.15) is 21.9 Å². The Bertz CT molecular complexity index is 493. The summed E-state index contributed by atoms with van der Waals surface area (Å²) in [6, 6.07) is 5.33. The highest BCUT2D eigenvalue weighted by Crippen LogP contribution is 2.32. The fraction of sp³-hybridized carbons (Fsp3) is 0.182. The second-order valence-corrected chi connectivity index (χ2v) is 4.72. The summed E-state index contributed by atoms with van der Waals surface area (Å²) in [5.74, 6) is 1.98. The number of methoxy groups -OCH3 is 2. The lowest BCUT2D eigenvalue weighted by molar-refractivity contribution is 0.386. The summed E-state index contributed by atoms with van der Waals surface area (Å²) >= 11 is 4.68. The van der Waals surface area contributed by atoms with Gasteiger partial charge in [0.2, 0.25) is 0 Å². The summed E-state index contributed by atoms with van der Waals surface area (Å²) in [6.45, 7) is 0. The van der Waals surface area contributed by atoms with Gasteiger partial charge in [-0.1, -0.05) is 11.3 Å². The van der Waals surface area contributed by atoms with Crippen LogP contribution in [0.15, 0.2) is 28.2 Å². The Kier molecular flexibility index (Phi) is 3.86. The normalized spacial score (nSPS) is 10.1. The van der Waals surface area contributed by atoms with E-state index in [-0.39, 0.29) is 0 Å². The van der Waals surface area contributed by atoms with Gasteiger partial charge < -0.3 is 14.2 Å². The molecule has 0 aliphatic carbocycles. The van der Waals surface area contributed by atoms with Crippen molar-refractivity contribution in [3.8, 4) is 22.4 Å². The van der Waals surface area contributed by atoms with E-state index >= 15 is 0 Å². The molecule has 90 valence electrons. The molecule has 1 heterocycles. The second-order valence-electron chi connectivity index (χ2n) is 3.09. The van der Waals surface area contributed by atoms with Crippen LogP contribution in [0.4, 0.5) is 0 Å². The number of halogens is 1. The van der Waals surface area contributed by atoms with Crippen LogP contribution in [0.1, 0.15) is 0 Å². The van der Waals surface area contributed by atoms with Gasteiger partial charge in [-0.25, -0.2) is 0 Å². The first-order chi connectivity index (χ1) is 8.21. The molecule has 0 radical (unpaired) electrons. The molecule has 0 aliphatic heterocycles. The maximum absolute atomic E-state index is 5.60. The van der Waals surface area contributed by atoms with Crippen LogP contribution < -0.4 is 14.2 Å². The van der Waals surface area contributed by atoms with Crippen LogP contribution >= 0.6 is 27.3 Å². The third kappa shape index (κ3) is 3.10. The molecule has 2 rings (SSSR count). The van der Waals surface area contributed by atoms with E-state index in [2.05, 4.69) is 20.9 Å². The van der Waals surface area contributed by atoms with E-state index in [9.17, 15) is 0 Å². The van der Waals surface area contributed by atoms with E-state index in [4.69, 9.17) is 14.2 Å². The highest BCUT2D eigenvalue weighted by molar-refractivity contribution is 9.10. The molecule has 1 aromatic carbocycles. The zero-order valence-electron chi connectivity index (χ0n) is 9.27. The number of hydrogen-bond donors (Lipinski definition) is 0. The number of hydrogen-bond acceptors (Lipinski definition) is 5. The molecule has 0 atom stereocenters. The average molecular weight is 316 g/mol. The van der Waals surface area contributed by atoms with Crippen molar-refractivity contribution < 1.29 is 14.2 Å². The molecule has 0 unspecified atom stereocenters. The number of thiazole rings is 1. The molecule has 0 spiro atoms. The third-order valence-electron chi connectivity index (χ3n) is 1.99. The zero-order chi connectivity index (χ0) is 12.3. The van der Waals surface area contributed by atoms with Crippen LogP contribution in [0.2, 0.25) is 0 Å². The van der Waals surface area contributed by atoms with Gasteiger partial charge in [0.05, 0.1) is 14.2 Å². The Hall–Kier alpha value is -1.27. The minimum atomic E-state index is 0.562. The van der Waals surface area contributed by atoms with Gasteiger partial charge in [0, 0.05) is 23.6 Å². The zero-order valence-corrected chi connectivity index (χ0v) is 11.7. The first-order valence-corrected chi connectivity index (χ1v) is 6.40. The highest BCUT2D eigenvalue weighted by Gasteiger charge is 2.06. The van der Waals surface area contributed by atoms with Crippen molar-refractivity contribution in [2.45, 2.75) is 0 Å². The molecule has 0 fully saturated rings. The van der Waals surface area contributed by atoms with Crippen molar-refractivity contribution in [2.24, 2.45) is 0 Å². The van der Waals surface area contributed by atoms with Gasteiger partial charge in [0.15, 0.2) is 0 Å². The summed E-state index contributed by atoms with van der Waals surface area (Å²) in [7, 11) is 3.19. The first kappa shape index (κ1) is 12.2. The lowest BCUT2D eigenvalue weighted by Gasteiger charge is -2.07. The molecule has 17 heavy (non-hydrogen) atoms. The standard InChI is InChI=1S/C11H10BrNO3S/c1-14-7-3-8(15-2)5-9(4-7)16-11-13-10(12)6-17-11/h3-6H,1-2H3. The lowest BCUT2D eigenvalue weighted by atomic mass is 10.3. The van der Waals surface area contributed by atoms with Gasteiger partial charge >= 0.3 is 0 Å². The number of rotatable bonds is 4. The van der Waals surface area contributed by atoms with Crippen molar-refractivity contribution >= 4 is 27.3 Å². The Morgan fingerprint density at radius 3 is 2.12 bits per heavy atom. The molecule has 0 saturated heterocycles. The minimum absolute atomic E-state index is 0.562. The smallest absolute Gasteiger partial charge is 0.279 e. The van der Waals surface area contributed by atoms with Crippen LogP contribution in [0.5, 0.6) is 22.4 Å². The summed E-state index contributed by atoms with van der Waals surface area (Å²) < 4.78 is 16.7. The van der Waals surface area contributed by atoms with Gasteiger partial charge in [-0.3, -0.25) is 0 Å². The first-order valence-electron chi connectivity index (χ1n) is 4.73. The van der Waals surface area contributed by atoms with E-state index in [0.717, 1.165) is 4.60 Å². The second kappa shape index (κ2) is 5.37. The summed E-state index contributed by atoms with van der Waals surface area (Å²) in [5.41, 5.74) is 0. The number of benzene rings is 1. The SMILES string of the molecule is COc1cc(OC)cc(Oc2nc(Br)cs2)c1. The van der Waals surface area contributed by atoms with Crippen molar-refractivity contribution in [3.05, 3.63) is 28.2 Å². The average Bonchev–Trinajstić information content (AvgIpc) is 2.74. The van der Waals surface area contributed by atoms with Crippen molar-refractivity contribution in [2.75, 3.05) is 14.2 Å². The quantitative estimate of drug-likeness (QED) is 0.862. The Balaban J connectivity index is 2.25. The van der Waals surface area contributed by atoms with Crippen LogP contribution in [0.3, 0.4) is 0 Å². The third-order valence-corrected chi connectivity index (χ3v) is 3.41. The highest BCUT2D eigenvalue weighted by atomic mass is 79.9. The fourth-order valence-electron chi connectivity index (χ4n) is 1.23. The molecule has 4 nitrogen and oxygen atoms in total. The Labute approximate surface area is 111 Å². The fourth-order valence-corrected chi connectivity index (χ4v) is 2.33. The summed E-state index contributed by atoms with van der Waals surface area (Å²) in [4.78, 5) is 4.15. The molecular weight excluding hydrogens is 306 g/mol. The molecule has 0 aliphatic rings. The predicted octanol–water partition coefficient (Wildman–Crippen LogP) is 3.72. The molecule has 0 bridgehead atoms. The van der Waals surface area contributed by atoms with Crippen LogP contribution in [0, 0.1) is 0 Å². The van der Waals surface area contributed by atoms with Crippen LogP contribution in [0.25, 0.3) is 0 Å². The largest absolute Gasteiger partial charge is 0.496 e. The Morgan fingerprint density at radius 2 is 1.65 bits per heavy atom. The van der Waals surface area contributed by atoms with Crippen molar-refractivity contribution in [3.63, 3.8) is 0 Å². The topological polar surface area (TPSA) is 40.6 Å². The molecule has 0 saturated carbocycles. The lowest BCUT2D eigenvalue weighted by Crippen LogP contribution is -1.89. The Morgan fingerprint density at radius 1 is 1.06 bits per heavy atom. The number of nitrogens with zero attached hydrogens (tertiary/aromatic N) is 1. The minimum Gasteiger partial charge on any atom is -0.496 e. The van der Waals surface area contributed by atoms with Crippen molar-refractivity contribution in [1.82, 2.24) is 4.98 Å². The predicted molar refractivity (Wildman–Crippen MR) is 69.4 cm³/mol. The van der Waals surface area contributed by atoms with E-state index in [1.165, 1.54) is 11.3 Å². The van der Waals surface area contributed by atoms with Gasteiger partial charge in [-0.2, -0.15) is 4.98 Å². The van der Waals surface area contributed by atoms with E-state index in [1.54, 1.807) is 32.4 Å². The molecular formula is C11H10BrNO3S. The summed E-state index contributed by atoms with van der Waals surface area (Å²) in [5, 5.41) is 2.42. The van der Waals surface area contributed by atoms with E-state index in [1.807, 2.05) is 5.38 Å². The maximum atomic E-state index is 5.60. The monoisotopic (exact) mass is 315 g/mol. The van der Waals surface area contributed by atoms with Gasteiger partial charge in [0.25, 0.3) is 5.19 Å². The summed E-state index contributed by atoms with van der Waals surface area (Å²) in [6.07, 6.45) is 0. The van der Waals surface area contributed by atoms with E-state index < -0.39 is 0 Å².